The van der Waals surface area contributed by atoms with Crippen LogP contribution in [-0.4, -0.2) is 19.2 Å². The summed E-state index contributed by atoms with van der Waals surface area (Å²) in [4.78, 5) is 12.0. The molecule has 1 fully saturated rings. The van der Waals surface area contributed by atoms with Crippen LogP contribution >= 0.6 is 0 Å². The van der Waals surface area contributed by atoms with Crippen molar-refractivity contribution in [3.63, 3.8) is 0 Å². The van der Waals surface area contributed by atoms with Gasteiger partial charge in [-0.3, -0.25) is 4.79 Å². The summed E-state index contributed by atoms with van der Waals surface area (Å²) < 4.78 is 10.5. The quantitative estimate of drug-likeness (QED) is 0.603. The first kappa shape index (κ1) is 13.7. The number of benzene rings is 1. The molecule has 3 nitrogen and oxygen atoms in total. The van der Waals surface area contributed by atoms with E-state index in [2.05, 4.69) is 6.58 Å². The van der Waals surface area contributed by atoms with Gasteiger partial charge in [0.2, 0.25) is 0 Å². The van der Waals surface area contributed by atoms with Crippen LogP contribution in [0.2, 0.25) is 0 Å². The fourth-order valence-corrected chi connectivity index (χ4v) is 2.54. The van der Waals surface area contributed by atoms with Gasteiger partial charge in [0.25, 0.3) is 0 Å². The molecule has 19 heavy (non-hydrogen) atoms. The predicted octanol–water partition coefficient (Wildman–Crippen LogP) is 3.09. The van der Waals surface area contributed by atoms with Crippen LogP contribution in [0.15, 0.2) is 36.9 Å². The Hall–Kier alpha value is -1.77. The van der Waals surface area contributed by atoms with Gasteiger partial charge < -0.3 is 9.47 Å². The maximum absolute atomic E-state index is 12.0. The largest absolute Gasteiger partial charge is 0.491 e. The average molecular weight is 260 g/mol. The molecule has 0 aromatic heterocycles. The predicted molar refractivity (Wildman–Crippen MR) is 74.2 cm³/mol. The van der Waals surface area contributed by atoms with E-state index < -0.39 is 5.41 Å². The van der Waals surface area contributed by atoms with E-state index in [1.165, 1.54) is 7.11 Å². The van der Waals surface area contributed by atoms with E-state index in [1.807, 2.05) is 44.2 Å². The van der Waals surface area contributed by atoms with Crippen LogP contribution in [0.25, 0.3) is 0 Å². The molecule has 0 radical (unpaired) electrons. The first-order valence-corrected chi connectivity index (χ1v) is 6.52. The van der Waals surface area contributed by atoms with Crippen LogP contribution in [0.3, 0.4) is 0 Å². The van der Waals surface area contributed by atoms with Gasteiger partial charge in [0, 0.05) is 0 Å². The Balaban J connectivity index is 2.25. The number of ether oxygens (including phenoxy) is 2. The summed E-state index contributed by atoms with van der Waals surface area (Å²) in [5.74, 6) is 0.793. The van der Waals surface area contributed by atoms with Crippen LogP contribution in [0, 0.1) is 5.92 Å². The third-order valence-electron chi connectivity index (χ3n) is 3.59. The molecule has 2 atom stereocenters. The minimum Gasteiger partial charge on any atom is -0.491 e. The maximum Gasteiger partial charge on any atom is 0.316 e. The van der Waals surface area contributed by atoms with Crippen molar-refractivity contribution in [2.75, 3.05) is 7.11 Å². The van der Waals surface area contributed by atoms with E-state index in [4.69, 9.17) is 9.47 Å². The molecule has 0 amide bonds. The van der Waals surface area contributed by atoms with Crippen LogP contribution in [0.5, 0.6) is 5.75 Å². The van der Waals surface area contributed by atoms with E-state index in [-0.39, 0.29) is 18.0 Å². The van der Waals surface area contributed by atoms with Crippen LogP contribution in [-0.2, 0) is 14.9 Å². The Bertz CT molecular complexity index is 475. The summed E-state index contributed by atoms with van der Waals surface area (Å²) in [5, 5.41) is 0. The Morgan fingerprint density at radius 3 is 2.47 bits per heavy atom. The first-order chi connectivity index (χ1) is 9.04. The van der Waals surface area contributed by atoms with Crippen molar-refractivity contribution in [3.05, 3.63) is 42.5 Å². The summed E-state index contributed by atoms with van der Waals surface area (Å²) in [5.41, 5.74) is 0.438. The van der Waals surface area contributed by atoms with Gasteiger partial charge in [-0.05, 0) is 43.9 Å². The van der Waals surface area contributed by atoms with E-state index in [0.717, 1.165) is 17.7 Å². The van der Waals surface area contributed by atoms with Crippen molar-refractivity contribution in [1.82, 2.24) is 0 Å². The zero-order valence-corrected chi connectivity index (χ0v) is 11.7. The molecule has 0 aliphatic heterocycles. The molecule has 1 aliphatic carbocycles. The maximum atomic E-state index is 12.0. The van der Waals surface area contributed by atoms with Crippen molar-refractivity contribution in [3.8, 4) is 5.75 Å². The van der Waals surface area contributed by atoms with Crippen molar-refractivity contribution < 1.29 is 14.3 Å². The van der Waals surface area contributed by atoms with Crippen molar-refractivity contribution in [1.29, 1.82) is 0 Å². The molecule has 1 aromatic rings. The normalized spacial score (nSPS) is 24.9. The molecule has 1 aromatic carbocycles. The molecule has 1 saturated carbocycles. The highest BCUT2D eigenvalue weighted by atomic mass is 16.5. The second-order valence-electron chi connectivity index (χ2n) is 5.20. The molecule has 0 bridgehead atoms. The molecule has 0 saturated heterocycles. The number of rotatable bonds is 5. The topological polar surface area (TPSA) is 35.5 Å². The van der Waals surface area contributed by atoms with Crippen molar-refractivity contribution in [2.45, 2.75) is 31.8 Å². The number of hydrogen-bond donors (Lipinski definition) is 0. The molecular formula is C16H20O3. The molecule has 1 aliphatic rings. The summed E-state index contributed by atoms with van der Waals surface area (Å²) in [6.45, 7) is 7.75. The SMILES string of the molecule is C=C[C@@H]1C[C@@]1(C(=O)OC)c1ccc(OC(C)C)cc1. The van der Waals surface area contributed by atoms with Crippen molar-refractivity contribution in [2.24, 2.45) is 5.92 Å². The zero-order chi connectivity index (χ0) is 14.0. The Labute approximate surface area is 114 Å². The highest BCUT2D eigenvalue weighted by molar-refractivity contribution is 5.88. The molecule has 3 heteroatoms. The monoisotopic (exact) mass is 260 g/mol. The lowest BCUT2D eigenvalue weighted by molar-refractivity contribution is -0.144. The number of carbonyl (C=O) groups is 1. The van der Waals surface area contributed by atoms with Gasteiger partial charge in [0.1, 0.15) is 5.75 Å². The zero-order valence-electron chi connectivity index (χ0n) is 11.7. The number of carbonyl (C=O) groups excluding carboxylic acids is 1. The standard InChI is InChI=1S/C16H20O3/c1-5-12-10-16(12,15(17)18-4)13-6-8-14(9-7-13)19-11(2)3/h5-9,11-12H,1,10H2,2-4H3/t12-,16+/m1/s1. The van der Waals surface area contributed by atoms with Crippen LogP contribution in [0.4, 0.5) is 0 Å². The third kappa shape index (κ3) is 2.37. The molecule has 0 N–H and O–H groups in total. The summed E-state index contributed by atoms with van der Waals surface area (Å²) in [7, 11) is 1.43. The van der Waals surface area contributed by atoms with Gasteiger partial charge in [-0.15, -0.1) is 6.58 Å². The highest BCUT2D eigenvalue weighted by Gasteiger charge is 2.60. The smallest absolute Gasteiger partial charge is 0.316 e. The lowest BCUT2D eigenvalue weighted by Crippen LogP contribution is -2.24. The fraction of sp³-hybridized carbons (Fsp3) is 0.438. The van der Waals surface area contributed by atoms with E-state index in [9.17, 15) is 4.79 Å². The second-order valence-corrected chi connectivity index (χ2v) is 5.20. The van der Waals surface area contributed by atoms with E-state index in [1.54, 1.807) is 0 Å². The Morgan fingerprint density at radius 1 is 1.42 bits per heavy atom. The van der Waals surface area contributed by atoms with E-state index in [0.29, 0.717) is 0 Å². The first-order valence-electron chi connectivity index (χ1n) is 6.52. The lowest BCUT2D eigenvalue weighted by Gasteiger charge is -2.16. The lowest BCUT2D eigenvalue weighted by atomic mass is 9.93. The molecular weight excluding hydrogens is 240 g/mol. The summed E-state index contributed by atoms with van der Waals surface area (Å²) in [6, 6.07) is 7.69. The number of allylic oxidation sites excluding steroid dienone is 1. The number of hydrogen-bond acceptors (Lipinski definition) is 3. The third-order valence-corrected chi connectivity index (χ3v) is 3.59. The summed E-state index contributed by atoms with van der Waals surface area (Å²) in [6.07, 6.45) is 2.74. The second kappa shape index (κ2) is 5.08. The van der Waals surface area contributed by atoms with Gasteiger partial charge in [0.15, 0.2) is 0 Å². The average Bonchev–Trinajstić information content (AvgIpc) is 3.13. The minimum atomic E-state index is -0.535. The summed E-state index contributed by atoms with van der Waals surface area (Å²) >= 11 is 0. The van der Waals surface area contributed by atoms with Gasteiger partial charge in [-0.1, -0.05) is 18.2 Å². The molecule has 0 heterocycles. The molecule has 0 spiro atoms. The van der Waals surface area contributed by atoms with Gasteiger partial charge in [0.05, 0.1) is 18.6 Å². The van der Waals surface area contributed by atoms with Crippen LogP contribution in [0.1, 0.15) is 25.8 Å². The number of esters is 1. The van der Waals surface area contributed by atoms with Gasteiger partial charge >= 0.3 is 5.97 Å². The Kier molecular flexibility index (Phi) is 3.65. The molecule has 2 rings (SSSR count). The van der Waals surface area contributed by atoms with Crippen molar-refractivity contribution >= 4 is 5.97 Å². The minimum absolute atomic E-state index is 0.141. The number of methoxy groups -OCH3 is 1. The van der Waals surface area contributed by atoms with Crippen LogP contribution < -0.4 is 4.74 Å². The Morgan fingerprint density at radius 2 is 2.05 bits per heavy atom. The van der Waals surface area contributed by atoms with Gasteiger partial charge in [-0.25, -0.2) is 0 Å². The van der Waals surface area contributed by atoms with E-state index >= 15 is 0 Å². The molecule has 102 valence electrons. The molecule has 0 unspecified atom stereocenters. The van der Waals surface area contributed by atoms with Gasteiger partial charge in [-0.2, -0.15) is 0 Å². The fourth-order valence-electron chi connectivity index (χ4n) is 2.54. The highest BCUT2D eigenvalue weighted by Crippen LogP contribution is 2.55.